The average Bonchev–Trinajstić information content (AvgIpc) is 3.24. The summed E-state index contributed by atoms with van der Waals surface area (Å²) >= 11 is 0. The van der Waals surface area contributed by atoms with Gasteiger partial charge in [0.25, 0.3) is 5.91 Å². The van der Waals surface area contributed by atoms with Crippen LogP contribution in [0.5, 0.6) is 0 Å². The minimum atomic E-state index is -0.0396. The molecule has 2 saturated heterocycles. The number of hydrogen-bond acceptors (Lipinski definition) is 7. The maximum Gasteiger partial charge on any atom is 0.276 e. The van der Waals surface area contributed by atoms with Crippen molar-refractivity contribution in [3.63, 3.8) is 0 Å². The maximum atomic E-state index is 12.8. The lowest BCUT2D eigenvalue weighted by Gasteiger charge is -2.35. The first kappa shape index (κ1) is 19.8. The van der Waals surface area contributed by atoms with Gasteiger partial charge in [-0.3, -0.25) is 9.48 Å². The first-order valence-corrected chi connectivity index (χ1v) is 10.6. The number of piperidine rings is 1. The lowest BCUT2D eigenvalue weighted by Crippen LogP contribution is -2.49. The number of carbonyl (C=O) groups excluding carboxylic acids is 1. The van der Waals surface area contributed by atoms with Crippen LogP contribution in [0.4, 0.5) is 5.82 Å². The number of nitrogens with zero attached hydrogens (tertiary/aromatic N) is 7. The van der Waals surface area contributed by atoms with Crippen LogP contribution in [0, 0.1) is 13.8 Å². The van der Waals surface area contributed by atoms with Crippen molar-refractivity contribution >= 4 is 11.7 Å². The highest BCUT2D eigenvalue weighted by Crippen LogP contribution is 2.20. The number of aromatic nitrogens is 5. The molecule has 2 aromatic rings. The normalized spacial score (nSPS) is 20.1. The predicted octanol–water partition coefficient (Wildman–Crippen LogP) is 1.18. The Labute approximate surface area is 171 Å². The van der Waals surface area contributed by atoms with Gasteiger partial charge in [-0.05, 0) is 39.7 Å². The van der Waals surface area contributed by atoms with Crippen molar-refractivity contribution in [3.8, 4) is 0 Å². The first-order valence-electron chi connectivity index (χ1n) is 10.6. The number of aryl methyl sites for hydroxylation is 2. The van der Waals surface area contributed by atoms with Gasteiger partial charge in [-0.1, -0.05) is 11.6 Å². The van der Waals surface area contributed by atoms with Crippen molar-refractivity contribution in [2.24, 2.45) is 0 Å². The molecule has 1 N–H and O–H groups in total. The molecule has 4 rings (SSSR count). The van der Waals surface area contributed by atoms with Crippen molar-refractivity contribution in [2.75, 3.05) is 37.6 Å². The lowest BCUT2D eigenvalue weighted by molar-refractivity contribution is 0.0740. The van der Waals surface area contributed by atoms with E-state index in [4.69, 9.17) is 0 Å². The number of piperazine rings is 1. The maximum absolute atomic E-state index is 12.8. The molecule has 2 aliphatic rings. The molecule has 29 heavy (non-hydrogen) atoms. The van der Waals surface area contributed by atoms with Crippen LogP contribution in [0.15, 0.2) is 12.5 Å². The fourth-order valence-electron chi connectivity index (χ4n) is 4.09. The molecule has 4 heterocycles. The second-order valence-electron chi connectivity index (χ2n) is 7.99. The zero-order chi connectivity index (χ0) is 20.2. The number of amides is 1. The van der Waals surface area contributed by atoms with Crippen LogP contribution in [0.25, 0.3) is 0 Å². The quantitative estimate of drug-likeness (QED) is 0.808. The Bertz CT molecular complexity index is 837. The molecule has 2 aromatic heterocycles. The molecule has 1 amide bonds. The van der Waals surface area contributed by atoms with E-state index in [1.54, 1.807) is 17.2 Å². The van der Waals surface area contributed by atoms with Gasteiger partial charge in [0, 0.05) is 50.0 Å². The molecule has 1 atom stereocenters. The average molecular weight is 399 g/mol. The van der Waals surface area contributed by atoms with Gasteiger partial charge in [0.2, 0.25) is 0 Å². The van der Waals surface area contributed by atoms with Gasteiger partial charge in [0.15, 0.2) is 5.69 Å². The SMILES string of the molecule is Cc1ncnc(N2CCN(C(=O)c3cn(CCC4CCCCN4)nn3)CC2)c1C. The molecular formula is C20H30N8O. The summed E-state index contributed by atoms with van der Waals surface area (Å²) in [4.78, 5) is 25.6. The van der Waals surface area contributed by atoms with Crippen molar-refractivity contribution < 1.29 is 4.79 Å². The van der Waals surface area contributed by atoms with Crippen LogP contribution in [0.2, 0.25) is 0 Å². The molecular weight excluding hydrogens is 368 g/mol. The van der Waals surface area contributed by atoms with Crippen molar-refractivity contribution in [2.45, 2.75) is 52.1 Å². The highest BCUT2D eigenvalue weighted by Gasteiger charge is 2.25. The number of rotatable bonds is 5. The third kappa shape index (κ3) is 4.55. The summed E-state index contributed by atoms with van der Waals surface area (Å²) in [5.74, 6) is 0.925. The molecule has 9 nitrogen and oxygen atoms in total. The van der Waals surface area contributed by atoms with Crippen LogP contribution >= 0.6 is 0 Å². The van der Waals surface area contributed by atoms with Crippen LogP contribution in [0.1, 0.15) is 47.4 Å². The highest BCUT2D eigenvalue weighted by atomic mass is 16.2. The van der Waals surface area contributed by atoms with Crippen LogP contribution in [-0.2, 0) is 6.54 Å². The molecule has 0 aromatic carbocycles. The molecule has 0 radical (unpaired) electrons. The Kier molecular flexibility index (Phi) is 6.03. The standard InChI is InChI=1S/C20H30N8O/c1-15-16(2)22-14-23-19(15)26-9-11-27(12-10-26)20(29)18-13-28(25-24-18)8-6-17-5-3-4-7-21-17/h13-14,17,21H,3-12H2,1-2H3. The number of hydrogen-bond donors (Lipinski definition) is 1. The van der Waals surface area contributed by atoms with Crippen molar-refractivity contribution in [1.29, 1.82) is 0 Å². The Morgan fingerprint density at radius 3 is 2.76 bits per heavy atom. The molecule has 0 spiro atoms. The van der Waals surface area contributed by atoms with E-state index in [0.29, 0.717) is 24.8 Å². The third-order valence-corrected chi connectivity index (χ3v) is 6.05. The first-order chi connectivity index (χ1) is 14.1. The van der Waals surface area contributed by atoms with Gasteiger partial charge in [-0.15, -0.1) is 5.10 Å². The monoisotopic (exact) mass is 398 g/mol. The predicted molar refractivity (Wildman–Crippen MR) is 110 cm³/mol. The van der Waals surface area contributed by atoms with Gasteiger partial charge < -0.3 is 15.1 Å². The van der Waals surface area contributed by atoms with E-state index in [2.05, 4.69) is 30.5 Å². The fourth-order valence-corrected chi connectivity index (χ4v) is 4.09. The van der Waals surface area contributed by atoms with E-state index in [-0.39, 0.29) is 5.91 Å². The molecule has 0 saturated carbocycles. The summed E-state index contributed by atoms with van der Waals surface area (Å²) in [6.07, 6.45) is 8.19. The van der Waals surface area contributed by atoms with Crippen LogP contribution in [-0.4, -0.2) is 74.5 Å². The lowest BCUT2D eigenvalue weighted by atomic mass is 10.0. The van der Waals surface area contributed by atoms with Crippen molar-refractivity contribution in [1.82, 2.24) is 35.2 Å². The third-order valence-electron chi connectivity index (χ3n) is 6.05. The minimum Gasteiger partial charge on any atom is -0.353 e. The highest BCUT2D eigenvalue weighted by molar-refractivity contribution is 5.92. The van der Waals surface area contributed by atoms with E-state index in [1.165, 1.54) is 19.3 Å². The molecule has 0 aliphatic carbocycles. The number of anilines is 1. The molecule has 156 valence electrons. The summed E-state index contributed by atoms with van der Waals surface area (Å²) in [6, 6.07) is 0.550. The summed E-state index contributed by atoms with van der Waals surface area (Å²) in [7, 11) is 0. The van der Waals surface area contributed by atoms with Crippen molar-refractivity contribution in [3.05, 3.63) is 29.5 Å². The Morgan fingerprint density at radius 1 is 1.17 bits per heavy atom. The smallest absolute Gasteiger partial charge is 0.276 e. The second-order valence-corrected chi connectivity index (χ2v) is 7.99. The summed E-state index contributed by atoms with van der Waals surface area (Å²) in [5.41, 5.74) is 2.53. The minimum absolute atomic E-state index is 0.0396. The Morgan fingerprint density at radius 2 is 2.00 bits per heavy atom. The molecule has 1 unspecified atom stereocenters. The van der Waals surface area contributed by atoms with E-state index in [0.717, 1.165) is 49.7 Å². The van der Waals surface area contributed by atoms with Gasteiger partial charge in [0.05, 0.1) is 6.20 Å². The summed E-state index contributed by atoms with van der Waals surface area (Å²) < 4.78 is 1.80. The topological polar surface area (TPSA) is 92.1 Å². The van der Waals surface area contributed by atoms with E-state index >= 15 is 0 Å². The zero-order valence-electron chi connectivity index (χ0n) is 17.3. The van der Waals surface area contributed by atoms with Gasteiger partial charge in [-0.25, -0.2) is 9.97 Å². The second kappa shape index (κ2) is 8.86. The number of nitrogens with one attached hydrogen (secondary N) is 1. The number of carbonyl (C=O) groups is 1. The van der Waals surface area contributed by atoms with Gasteiger partial charge >= 0.3 is 0 Å². The summed E-state index contributed by atoms with van der Waals surface area (Å²) in [6.45, 7) is 8.75. The van der Waals surface area contributed by atoms with Gasteiger partial charge in [0.1, 0.15) is 12.1 Å². The molecule has 2 fully saturated rings. The van der Waals surface area contributed by atoms with Crippen LogP contribution in [0.3, 0.4) is 0 Å². The zero-order valence-corrected chi connectivity index (χ0v) is 17.3. The van der Waals surface area contributed by atoms with E-state index in [9.17, 15) is 4.79 Å². The van der Waals surface area contributed by atoms with E-state index < -0.39 is 0 Å². The van der Waals surface area contributed by atoms with Gasteiger partial charge in [-0.2, -0.15) is 0 Å². The van der Waals surface area contributed by atoms with Crippen LogP contribution < -0.4 is 10.2 Å². The molecule has 9 heteroatoms. The molecule has 0 bridgehead atoms. The fraction of sp³-hybridized carbons (Fsp3) is 0.650. The Hall–Kier alpha value is -2.55. The van der Waals surface area contributed by atoms with E-state index in [1.807, 2.05) is 18.7 Å². The summed E-state index contributed by atoms with van der Waals surface area (Å²) in [5, 5.41) is 11.8. The molecule has 2 aliphatic heterocycles. The Balaban J connectivity index is 1.30. The largest absolute Gasteiger partial charge is 0.353 e.